The molecule has 0 spiro atoms. The van der Waals surface area contributed by atoms with Crippen LogP contribution in [0.3, 0.4) is 0 Å². The van der Waals surface area contributed by atoms with Gasteiger partial charge in [0.15, 0.2) is 0 Å². The topological polar surface area (TPSA) is 88.8 Å². The predicted molar refractivity (Wildman–Crippen MR) is 118 cm³/mol. The molecule has 0 unspecified atom stereocenters. The standard InChI is InChI=1S/C23H19FN2O5S/c24-20-7-6-16(32(28,29)26-9-11-30-12-10-26)14-19(20)23(27)25-15-5-8-22-18(13-15)17-3-1-2-4-21(17)31-22/h1-8,13-14H,9-12H2,(H,25,27). The number of carbonyl (C=O) groups is 1. The number of benzene rings is 3. The Morgan fingerprint density at radius 1 is 0.938 bits per heavy atom. The Morgan fingerprint density at radius 3 is 2.50 bits per heavy atom. The number of rotatable bonds is 4. The van der Waals surface area contributed by atoms with Crippen molar-refractivity contribution in [3.05, 3.63) is 72.0 Å². The summed E-state index contributed by atoms with van der Waals surface area (Å²) in [6.45, 7) is 0.998. The third kappa shape index (κ3) is 3.64. The minimum Gasteiger partial charge on any atom is -0.456 e. The van der Waals surface area contributed by atoms with Gasteiger partial charge in [-0.2, -0.15) is 4.31 Å². The Morgan fingerprint density at radius 2 is 1.69 bits per heavy atom. The zero-order valence-corrected chi connectivity index (χ0v) is 17.7. The van der Waals surface area contributed by atoms with Crippen molar-refractivity contribution >= 4 is 43.6 Å². The van der Waals surface area contributed by atoms with E-state index in [1.165, 1.54) is 10.4 Å². The Kier molecular flexibility index (Phi) is 5.16. The van der Waals surface area contributed by atoms with Crippen molar-refractivity contribution in [3.8, 4) is 0 Å². The third-order valence-corrected chi connectivity index (χ3v) is 7.32. The first-order valence-electron chi connectivity index (χ1n) is 10.0. The van der Waals surface area contributed by atoms with E-state index >= 15 is 0 Å². The van der Waals surface area contributed by atoms with Crippen molar-refractivity contribution in [1.82, 2.24) is 4.31 Å². The molecule has 0 aliphatic carbocycles. The SMILES string of the molecule is O=C(Nc1ccc2oc3ccccc3c2c1)c1cc(S(=O)(=O)N2CCOCC2)ccc1F. The molecule has 1 aliphatic rings. The number of nitrogens with zero attached hydrogens (tertiary/aromatic N) is 1. The van der Waals surface area contributed by atoms with Gasteiger partial charge in [-0.3, -0.25) is 4.79 Å². The fourth-order valence-corrected chi connectivity index (χ4v) is 5.21. The van der Waals surface area contributed by atoms with Crippen LogP contribution in [0.15, 0.2) is 70.0 Å². The number of carbonyl (C=O) groups excluding carboxylic acids is 1. The first kappa shape index (κ1) is 20.6. The van der Waals surface area contributed by atoms with Gasteiger partial charge in [-0.15, -0.1) is 0 Å². The summed E-state index contributed by atoms with van der Waals surface area (Å²) in [4.78, 5) is 12.7. The van der Waals surface area contributed by atoms with Crippen LogP contribution < -0.4 is 5.32 Å². The first-order chi connectivity index (χ1) is 15.4. The Balaban J connectivity index is 1.45. The van der Waals surface area contributed by atoms with Crippen LogP contribution in [0, 0.1) is 5.82 Å². The summed E-state index contributed by atoms with van der Waals surface area (Å²) in [7, 11) is -3.86. The van der Waals surface area contributed by atoms with Gasteiger partial charge >= 0.3 is 0 Å². The Bertz CT molecular complexity index is 1440. The second-order valence-corrected chi connectivity index (χ2v) is 9.36. The summed E-state index contributed by atoms with van der Waals surface area (Å²) < 4.78 is 52.5. The molecule has 2 heterocycles. The van der Waals surface area contributed by atoms with Gasteiger partial charge in [-0.1, -0.05) is 18.2 Å². The summed E-state index contributed by atoms with van der Waals surface area (Å²) in [6.07, 6.45) is 0. The molecule has 32 heavy (non-hydrogen) atoms. The summed E-state index contributed by atoms with van der Waals surface area (Å²) in [5.41, 5.74) is 1.47. The third-order valence-electron chi connectivity index (χ3n) is 5.42. The number of ether oxygens (including phenoxy) is 1. The van der Waals surface area contributed by atoms with Gasteiger partial charge in [-0.25, -0.2) is 12.8 Å². The number of anilines is 1. The van der Waals surface area contributed by atoms with E-state index in [-0.39, 0.29) is 23.5 Å². The highest BCUT2D eigenvalue weighted by molar-refractivity contribution is 7.89. The Labute approximate surface area is 183 Å². The van der Waals surface area contributed by atoms with E-state index in [4.69, 9.17) is 9.15 Å². The van der Waals surface area contributed by atoms with Crippen LogP contribution in [0.1, 0.15) is 10.4 Å². The van der Waals surface area contributed by atoms with E-state index in [0.29, 0.717) is 24.5 Å². The highest BCUT2D eigenvalue weighted by Gasteiger charge is 2.28. The summed E-state index contributed by atoms with van der Waals surface area (Å²) in [5.74, 6) is -1.55. The number of hydrogen-bond acceptors (Lipinski definition) is 5. The van der Waals surface area contributed by atoms with Crippen molar-refractivity contribution < 1.29 is 26.8 Å². The second-order valence-electron chi connectivity index (χ2n) is 7.42. The van der Waals surface area contributed by atoms with Gasteiger partial charge in [0.25, 0.3) is 5.91 Å². The number of nitrogens with one attached hydrogen (secondary N) is 1. The van der Waals surface area contributed by atoms with E-state index in [1.807, 2.05) is 24.3 Å². The van der Waals surface area contributed by atoms with E-state index in [2.05, 4.69) is 5.32 Å². The van der Waals surface area contributed by atoms with Gasteiger partial charge in [0.05, 0.1) is 23.7 Å². The van der Waals surface area contributed by atoms with Crippen LogP contribution >= 0.6 is 0 Å². The molecule has 1 aliphatic heterocycles. The van der Waals surface area contributed by atoms with Crippen LogP contribution in [0.4, 0.5) is 10.1 Å². The monoisotopic (exact) mass is 454 g/mol. The van der Waals surface area contributed by atoms with Crippen LogP contribution in [0.2, 0.25) is 0 Å². The number of fused-ring (bicyclic) bond motifs is 3. The molecule has 0 saturated carbocycles. The van der Waals surface area contributed by atoms with Crippen LogP contribution in [-0.4, -0.2) is 44.9 Å². The molecule has 9 heteroatoms. The molecule has 0 radical (unpaired) electrons. The van der Waals surface area contributed by atoms with Crippen LogP contribution in [0.25, 0.3) is 21.9 Å². The fourth-order valence-electron chi connectivity index (χ4n) is 3.78. The highest BCUT2D eigenvalue weighted by atomic mass is 32.2. The first-order valence-corrected chi connectivity index (χ1v) is 11.5. The molecular formula is C23H19FN2O5S. The van der Waals surface area contributed by atoms with Crippen molar-refractivity contribution in [3.63, 3.8) is 0 Å². The number of hydrogen-bond donors (Lipinski definition) is 1. The maximum Gasteiger partial charge on any atom is 0.258 e. The number of halogens is 1. The van der Waals surface area contributed by atoms with Crippen LogP contribution in [-0.2, 0) is 14.8 Å². The summed E-state index contributed by atoms with van der Waals surface area (Å²) >= 11 is 0. The quantitative estimate of drug-likeness (QED) is 0.504. The molecule has 1 N–H and O–H groups in total. The maximum atomic E-state index is 14.5. The van der Waals surface area contributed by atoms with Gasteiger partial charge in [0, 0.05) is 29.5 Å². The van der Waals surface area contributed by atoms with Crippen LogP contribution in [0.5, 0.6) is 0 Å². The molecule has 4 aromatic rings. The molecule has 1 fully saturated rings. The van der Waals surface area contributed by atoms with Crippen molar-refractivity contribution in [2.45, 2.75) is 4.90 Å². The molecule has 1 aromatic heterocycles. The largest absolute Gasteiger partial charge is 0.456 e. The van der Waals surface area contributed by atoms with Gasteiger partial charge < -0.3 is 14.5 Å². The zero-order chi connectivity index (χ0) is 22.3. The minimum atomic E-state index is -3.86. The molecule has 0 bridgehead atoms. The lowest BCUT2D eigenvalue weighted by Gasteiger charge is -2.26. The van der Waals surface area contributed by atoms with Gasteiger partial charge in [0.1, 0.15) is 17.0 Å². The second kappa shape index (κ2) is 8.01. The van der Waals surface area contributed by atoms with Crippen molar-refractivity contribution in [2.75, 3.05) is 31.6 Å². The van der Waals surface area contributed by atoms with Crippen molar-refractivity contribution in [2.24, 2.45) is 0 Å². The molecule has 1 amide bonds. The highest BCUT2D eigenvalue weighted by Crippen LogP contribution is 2.31. The molecular weight excluding hydrogens is 435 g/mol. The van der Waals surface area contributed by atoms with E-state index < -0.39 is 21.7 Å². The molecule has 0 atom stereocenters. The van der Waals surface area contributed by atoms with Crippen molar-refractivity contribution in [1.29, 1.82) is 0 Å². The summed E-state index contributed by atoms with van der Waals surface area (Å²) in [5, 5.41) is 4.35. The smallest absolute Gasteiger partial charge is 0.258 e. The predicted octanol–water partition coefficient (Wildman–Crippen LogP) is 4.00. The number of para-hydroxylation sites is 1. The normalized spacial score (nSPS) is 15.3. The van der Waals surface area contributed by atoms with Gasteiger partial charge in [0.2, 0.25) is 10.0 Å². The molecule has 164 valence electrons. The molecule has 5 rings (SSSR count). The Hall–Kier alpha value is -3.27. The summed E-state index contributed by atoms with van der Waals surface area (Å²) in [6, 6.07) is 15.9. The maximum absolute atomic E-state index is 14.5. The number of amides is 1. The lowest BCUT2D eigenvalue weighted by Crippen LogP contribution is -2.40. The number of furan rings is 1. The lowest BCUT2D eigenvalue weighted by molar-refractivity contribution is 0.0730. The minimum absolute atomic E-state index is 0.137. The zero-order valence-electron chi connectivity index (χ0n) is 16.9. The van der Waals surface area contributed by atoms with E-state index in [0.717, 1.165) is 28.5 Å². The van der Waals surface area contributed by atoms with E-state index in [9.17, 15) is 17.6 Å². The average Bonchev–Trinajstić information content (AvgIpc) is 3.18. The fraction of sp³-hybridized carbons (Fsp3) is 0.174. The molecule has 7 nitrogen and oxygen atoms in total. The number of morpholine rings is 1. The van der Waals surface area contributed by atoms with Gasteiger partial charge in [-0.05, 0) is 42.5 Å². The number of sulfonamides is 1. The lowest BCUT2D eigenvalue weighted by atomic mass is 10.1. The molecule has 1 saturated heterocycles. The molecule has 3 aromatic carbocycles. The average molecular weight is 454 g/mol. The van der Waals surface area contributed by atoms with E-state index in [1.54, 1.807) is 18.2 Å².